The van der Waals surface area contributed by atoms with Gasteiger partial charge in [0.1, 0.15) is 34.8 Å². The van der Waals surface area contributed by atoms with Crippen molar-refractivity contribution in [1.29, 1.82) is 0 Å². The second-order valence-corrected chi connectivity index (χ2v) is 12.7. The molecule has 1 aromatic rings. The molecule has 0 bridgehead atoms. The van der Waals surface area contributed by atoms with Gasteiger partial charge >= 0.3 is 0 Å². The molecule has 34 heavy (non-hydrogen) atoms. The summed E-state index contributed by atoms with van der Waals surface area (Å²) in [5, 5.41) is 11.1. The first-order chi connectivity index (χ1) is 16.1. The summed E-state index contributed by atoms with van der Waals surface area (Å²) >= 11 is 2.75. The van der Waals surface area contributed by atoms with Gasteiger partial charge in [-0.05, 0) is 27.7 Å². The zero-order valence-electron chi connectivity index (χ0n) is 19.5. The minimum atomic E-state index is -0.999. The third-order valence-corrected chi connectivity index (χ3v) is 9.96. The number of hydrogen-bond donors (Lipinski definition) is 1. The highest BCUT2D eigenvalue weighted by atomic mass is 32.2. The molecule has 8 nitrogen and oxygen atoms in total. The van der Waals surface area contributed by atoms with Crippen molar-refractivity contribution in [2.75, 3.05) is 11.5 Å². The minimum Gasteiger partial charge on any atom is -0.391 e. The Bertz CT molecular complexity index is 940. The Hall–Kier alpha value is -0.980. The molecule has 4 aliphatic rings. The summed E-state index contributed by atoms with van der Waals surface area (Å²) in [5.74, 6) is -2.34. The van der Waals surface area contributed by atoms with Crippen LogP contribution in [0.15, 0.2) is 30.3 Å². The van der Waals surface area contributed by atoms with Gasteiger partial charge in [-0.3, -0.25) is 4.79 Å². The number of benzene rings is 1. The molecule has 0 saturated carbocycles. The van der Waals surface area contributed by atoms with Gasteiger partial charge in [-0.15, -0.1) is 23.5 Å². The van der Waals surface area contributed by atoms with Gasteiger partial charge in [0.05, 0.1) is 17.8 Å². The Morgan fingerprint density at radius 1 is 1.06 bits per heavy atom. The zero-order valence-corrected chi connectivity index (χ0v) is 21.2. The first-order valence-corrected chi connectivity index (χ1v) is 13.4. The van der Waals surface area contributed by atoms with E-state index in [4.69, 9.17) is 23.7 Å². The molecule has 4 aliphatic heterocycles. The topological polar surface area (TPSA) is 101 Å². The summed E-state index contributed by atoms with van der Waals surface area (Å²) < 4.78 is 30.3. The molecule has 4 saturated heterocycles. The van der Waals surface area contributed by atoms with Crippen molar-refractivity contribution >= 4 is 35.6 Å². The van der Waals surface area contributed by atoms with E-state index in [0.29, 0.717) is 11.3 Å². The Labute approximate surface area is 207 Å². The predicted molar refractivity (Wildman–Crippen MR) is 127 cm³/mol. The Balaban J connectivity index is 1.58. The van der Waals surface area contributed by atoms with E-state index in [2.05, 4.69) is 0 Å². The molecular weight excluding hydrogens is 480 g/mol. The van der Waals surface area contributed by atoms with E-state index in [1.165, 1.54) is 23.5 Å². The van der Waals surface area contributed by atoms with Gasteiger partial charge in [0, 0.05) is 11.3 Å². The number of aldehydes is 1. The summed E-state index contributed by atoms with van der Waals surface area (Å²) in [7, 11) is 0. The van der Waals surface area contributed by atoms with E-state index in [9.17, 15) is 14.7 Å². The molecule has 10 heteroatoms. The number of hydrogen-bond acceptors (Lipinski definition) is 10. The SMILES string of the molecule is CC1(C)OC2C3OC(C)(C)O[C@H]3C(C3(SCC=O)SCC(O)C3C(=O)c3ccccc3)O[C@@H]2O1. The highest BCUT2D eigenvalue weighted by Crippen LogP contribution is 2.59. The molecule has 1 N–H and O–H groups in total. The van der Waals surface area contributed by atoms with Gasteiger partial charge in [0.15, 0.2) is 23.6 Å². The van der Waals surface area contributed by atoms with E-state index >= 15 is 0 Å². The first kappa shape index (κ1) is 24.7. The van der Waals surface area contributed by atoms with Gasteiger partial charge in [-0.2, -0.15) is 0 Å². The van der Waals surface area contributed by atoms with Gasteiger partial charge in [-0.25, -0.2) is 0 Å². The average Bonchev–Trinajstić information content (AvgIpc) is 3.40. The molecule has 4 heterocycles. The summed E-state index contributed by atoms with van der Waals surface area (Å²) in [5.41, 5.74) is 0.501. The van der Waals surface area contributed by atoms with Crippen LogP contribution >= 0.6 is 23.5 Å². The van der Waals surface area contributed by atoms with E-state index in [1.54, 1.807) is 24.3 Å². The molecule has 6 unspecified atom stereocenters. The van der Waals surface area contributed by atoms with Gasteiger partial charge in [0.25, 0.3) is 0 Å². The van der Waals surface area contributed by atoms with Crippen LogP contribution in [0.4, 0.5) is 0 Å². The van der Waals surface area contributed by atoms with E-state index in [0.717, 1.165) is 6.29 Å². The number of carbonyl (C=O) groups is 2. The number of aliphatic hydroxyl groups is 1. The van der Waals surface area contributed by atoms with Gasteiger partial charge in [-0.1, -0.05) is 30.3 Å². The second kappa shape index (κ2) is 8.85. The molecule has 0 aliphatic carbocycles. The molecule has 0 aromatic heterocycles. The normalized spacial score (nSPS) is 42.2. The predicted octanol–water partition coefficient (Wildman–Crippen LogP) is 2.62. The Kier molecular flexibility index (Phi) is 6.43. The van der Waals surface area contributed by atoms with Crippen molar-refractivity contribution in [1.82, 2.24) is 0 Å². The summed E-state index contributed by atoms with van der Waals surface area (Å²) in [4.78, 5) is 25.3. The van der Waals surface area contributed by atoms with Gasteiger partial charge in [0.2, 0.25) is 0 Å². The van der Waals surface area contributed by atoms with Crippen LogP contribution in [0.2, 0.25) is 0 Å². The number of fused-ring (bicyclic) bond motifs is 3. The van der Waals surface area contributed by atoms with E-state index in [-0.39, 0.29) is 11.5 Å². The maximum atomic E-state index is 13.8. The third kappa shape index (κ3) is 4.16. The fourth-order valence-electron chi connectivity index (χ4n) is 5.38. The maximum absolute atomic E-state index is 13.8. The number of rotatable bonds is 6. The highest BCUT2D eigenvalue weighted by molar-refractivity contribution is 8.18. The molecule has 8 atom stereocenters. The van der Waals surface area contributed by atoms with E-state index < -0.39 is 58.4 Å². The lowest BCUT2D eigenvalue weighted by Gasteiger charge is -2.47. The molecule has 0 radical (unpaired) electrons. The lowest BCUT2D eigenvalue weighted by Crippen LogP contribution is -2.63. The molecule has 1 aromatic carbocycles. The number of ketones is 1. The van der Waals surface area contributed by atoms with Crippen molar-refractivity contribution in [3.8, 4) is 0 Å². The number of carbonyl (C=O) groups excluding carboxylic acids is 2. The largest absolute Gasteiger partial charge is 0.391 e. The lowest BCUT2D eigenvalue weighted by atomic mass is 9.84. The molecule has 0 amide bonds. The fourth-order valence-corrected chi connectivity index (χ4v) is 8.67. The van der Waals surface area contributed by atoms with Crippen LogP contribution in [0.5, 0.6) is 0 Å². The second-order valence-electron chi connectivity index (χ2n) is 9.88. The van der Waals surface area contributed by atoms with Crippen molar-refractivity contribution in [2.45, 2.75) is 80.2 Å². The lowest BCUT2D eigenvalue weighted by molar-refractivity contribution is -0.237. The van der Waals surface area contributed by atoms with Crippen molar-refractivity contribution in [2.24, 2.45) is 5.92 Å². The summed E-state index contributed by atoms with van der Waals surface area (Å²) in [6, 6.07) is 8.90. The monoisotopic (exact) mass is 510 g/mol. The Morgan fingerprint density at radius 3 is 2.41 bits per heavy atom. The number of aliphatic hydroxyl groups excluding tert-OH is 1. The third-order valence-electron chi connectivity index (χ3n) is 6.57. The van der Waals surface area contributed by atoms with Crippen LogP contribution in [0.25, 0.3) is 0 Å². The maximum Gasteiger partial charge on any atom is 0.190 e. The van der Waals surface area contributed by atoms with Gasteiger partial charge < -0.3 is 33.6 Å². The molecule has 5 rings (SSSR count). The van der Waals surface area contributed by atoms with Crippen LogP contribution in [0.1, 0.15) is 38.1 Å². The van der Waals surface area contributed by atoms with Crippen LogP contribution in [-0.2, 0) is 28.5 Å². The smallest absolute Gasteiger partial charge is 0.190 e. The zero-order chi connectivity index (χ0) is 24.3. The van der Waals surface area contributed by atoms with Crippen LogP contribution in [0.3, 0.4) is 0 Å². The highest BCUT2D eigenvalue weighted by Gasteiger charge is 2.68. The molecular formula is C24H30O8S2. The minimum absolute atomic E-state index is 0.136. The average molecular weight is 511 g/mol. The van der Waals surface area contributed by atoms with Crippen LogP contribution in [0, 0.1) is 5.92 Å². The summed E-state index contributed by atoms with van der Waals surface area (Å²) in [6.45, 7) is 7.28. The number of thioether (sulfide) groups is 2. The van der Waals surface area contributed by atoms with Crippen LogP contribution < -0.4 is 0 Å². The first-order valence-electron chi connectivity index (χ1n) is 11.4. The van der Waals surface area contributed by atoms with Crippen molar-refractivity contribution in [3.63, 3.8) is 0 Å². The van der Waals surface area contributed by atoms with E-state index in [1.807, 2.05) is 33.8 Å². The molecule has 186 valence electrons. The van der Waals surface area contributed by atoms with Crippen molar-refractivity contribution in [3.05, 3.63) is 35.9 Å². The van der Waals surface area contributed by atoms with Crippen molar-refractivity contribution < 1.29 is 38.4 Å². The summed E-state index contributed by atoms with van der Waals surface area (Å²) in [6.07, 6.45) is -3.15. The quantitative estimate of drug-likeness (QED) is 0.454. The number of Topliss-reactive ketones (excluding diaryl/α,β-unsaturated/α-hetero) is 1. The van der Waals surface area contributed by atoms with Crippen LogP contribution in [-0.4, -0.2) is 81.1 Å². The molecule has 0 spiro atoms. The molecule has 4 fully saturated rings. The Morgan fingerprint density at radius 2 is 1.71 bits per heavy atom. The standard InChI is InChI=1S/C24H30O8S2/c1-22(2)29-17-18(30-22)20(28-21-19(17)31-23(3,4)32-21)24(33-11-10-25)15(14(26)12-34-24)16(27)13-8-6-5-7-9-13/h5-10,14-15,17-21,26H,11-12H2,1-4H3/t14?,15?,17?,18-,19?,20?,21-,24?/m1/s1. The number of ether oxygens (including phenoxy) is 5. The fraction of sp³-hybridized carbons (Fsp3) is 0.667.